The van der Waals surface area contributed by atoms with Crippen molar-refractivity contribution in [1.82, 2.24) is 4.57 Å². The van der Waals surface area contributed by atoms with Crippen LogP contribution in [0.4, 0.5) is 17.1 Å². The van der Waals surface area contributed by atoms with E-state index in [4.69, 9.17) is 0 Å². The van der Waals surface area contributed by atoms with Gasteiger partial charge in [-0.1, -0.05) is 178 Å². The van der Waals surface area contributed by atoms with Gasteiger partial charge in [-0.05, 0) is 122 Å². The maximum atomic E-state index is 2.46. The van der Waals surface area contributed by atoms with Gasteiger partial charge in [0.1, 0.15) is 0 Å². The van der Waals surface area contributed by atoms with Gasteiger partial charge >= 0.3 is 0 Å². The van der Waals surface area contributed by atoms with Gasteiger partial charge in [-0.2, -0.15) is 0 Å². The molecule has 0 atom stereocenters. The summed E-state index contributed by atoms with van der Waals surface area (Å²) in [7, 11) is 0. The molecule has 2 nitrogen and oxygen atoms in total. The molecule has 0 amide bonds. The van der Waals surface area contributed by atoms with E-state index in [-0.39, 0.29) is 5.41 Å². The Morgan fingerprint density at radius 3 is 1.59 bits per heavy atom. The molecule has 0 N–H and O–H groups in total. The summed E-state index contributed by atoms with van der Waals surface area (Å²) in [4.78, 5) is 2.34. The fourth-order valence-corrected chi connectivity index (χ4v) is 9.94. The van der Waals surface area contributed by atoms with E-state index in [1.54, 1.807) is 0 Å². The molecule has 0 aliphatic heterocycles. The summed E-state index contributed by atoms with van der Waals surface area (Å²) in [6.07, 6.45) is 0. The van der Waals surface area contributed by atoms with Crippen LogP contribution in [0.2, 0.25) is 0 Å². The number of hydrogen-bond donors (Lipinski definition) is 0. The number of benzene rings is 9. The summed E-state index contributed by atoms with van der Waals surface area (Å²) < 4.78 is 2.46. The van der Waals surface area contributed by atoms with Gasteiger partial charge in [-0.15, -0.1) is 0 Å². The summed E-state index contributed by atoms with van der Waals surface area (Å²) in [6, 6.07) is 82.7. The molecule has 0 fully saturated rings. The van der Waals surface area contributed by atoms with E-state index in [1.165, 1.54) is 71.9 Å². The van der Waals surface area contributed by atoms with Crippen LogP contribution in [0.5, 0.6) is 0 Å². The van der Waals surface area contributed by atoms with Crippen LogP contribution in [0.3, 0.4) is 0 Å². The topological polar surface area (TPSA) is 8.17 Å². The zero-order valence-corrected chi connectivity index (χ0v) is 34.8. The van der Waals surface area contributed by atoms with Gasteiger partial charge in [0.25, 0.3) is 0 Å². The fourth-order valence-electron chi connectivity index (χ4n) is 9.94. The molecule has 0 saturated carbocycles. The van der Waals surface area contributed by atoms with Crippen LogP contribution in [0.25, 0.3) is 49.7 Å². The van der Waals surface area contributed by atoms with Crippen LogP contribution in [-0.4, -0.2) is 4.57 Å². The van der Waals surface area contributed by atoms with Crippen molar-refractivity contribution >= 4 is 38.9 Å². The third-order valence-electron chi connectivity index (χ3n) is 12.8. The van der Waals surface area contributed by atoms with Crippen molar-refractivity contribution in [1.29, 1.82) is 0 Å². The van der Waals surface area contributed by atoms with E-state index in [9.17, 15) is 0 Å². The van der Waals surface area contributed by atoms with E-state index in [2.05, 4.69) is 255 Å². The first-order chi connectivity index (χ1) is 29.9. The van der Waals surface area contributed by atoms with Crippen LogP contribution in [0.15, 0.2) is 224 Å². The molecule has 11 rings (SSSR count). The Balaban J connectivity index is 1.03. The zero-order valence-electron chi connectivity index (χ0n) is 34.8. The predicted molar refractivity (Wildman–Crippen MR) is 257 cm³/mol. The number of aromatic nitrogens is 1. The van der Waals surface area contributed by atoms with Gasteiger partial charge in [-0.3, -0.25) is 0 Å². The van der Waals surface area contributed by atoms with Gasteiger partial charge in [0.2, 0.25) is 0 Å². The first kappa shape index (κ1) is 36.6. The molecule has 292 valence electrons. The third-order valence-corrected chi connectivity index (χ3v) is 12.8. The van der Waals surface area contributed by atoms with Gasteiger partial charge in [0.05, 0.1) is 16.4 Å². The maximum Gasteiger partial charge on any atom is 0.0714 e. The summed E-state index contributed by atoms with van der Waals surface area (Å²) in [5, 5.41) is 2.48. The Morgan fingerprint density at radius 1 is 0.393 bits per heavy atom. The van der Waals surface area contributed by atoms with Crippen molar-refractivity contribution in [2.75, 3.05) is 4.90 Å². The largest absolute Gasteiger partial charge is 0.311 e. The molecule has 2 heteroatoms. The first-order valence-corrected chi connectivity index (χ1v) is 21.3. The van der Waals surface area contributed by atoms with E-state index < -0.39 is 5.41 Å². The standard InChI is InChI=1S/C59H46N2/c1-58(2,3)43-30-34-48(35-31-43)60(46-21-11-6-12-22-46)47-32-27-41(28-33-47)42-29-38-57-53(39-42)52-24-14-16-26-56(52)61(57)49-36-37-51-50-23-13-15-25-54(50)59(55(51)40-49,44-17-7-4-8-18-44)45-19-9-5-10-20-45/h4-40H,1-3H3. The van der Waals surface area contributed by atoms with E-state index in [0.717, 1.165) is 22.7 Å². The quantitative estimate of drug-likeness (QED) is 0.156. The molecule has 1 heterocycles. The lowest BCUT2D eigenvalue weighted by Gasteiger charge is -2.34. The van der Waals surface area contributed by atoms with Crippen molar-refractivity contribution in [3.63, 3.8) is 0 Å². The highest BCUT2D eigenvalue weighted by molar-refractivity contribution is 6.10. The monoisotopic (exact) mass is 782 g/mol. The first-order valence-electron chi connectivity index (χ1n) is 21.3. The summed E-state index contributed by atoms with van der Waals surface area (Å²) in [6.45, 7) is 6.79. The van der Waals surface area contributed by atoms with E-state index >= 15 is 0 Å². The smallest absolute Gasteiger partial charge is 0.0714 e. The molecular weight excluding hydrogens is 737 g/mol. The van der Waals surface area contributed by atoms with Gasteiger partial charge in [0, 0.05) is 33.5 Å². The Labute approximate surface area is 358 Å². The summed E-state index contributed by atoms with van der Waals surface area (Å²) >= 11 is 0. The van der Waals surface area contributed by atoms with Crippen molar-refractivity contribution in [3.8, 4) is 27.9 Å². The normalized spacial score (nSPS) is 13.0. The van der Waals surface area contributed by atoms with Gasteiger partial charge < -0.3 is 9.47 Å². The molecule has 0 spiro atoms. The van der Waals surface area contributed by atoms with Gasteiger partial charge in [-0.25, -0.2) is 0 Å². The zero-order chi connectivity index (χ0) is 41.1. The summed E-state index contributed by atoms with van der Waals surface area (Å²) in [5.41, 5.74) is 18.0. The van der Waals surface area contributed by atoms with Crippen LogP contribution < -0.4 is 4.90 Å². The van der Waals surface area contributed by atoms with Crippen molar-refractivity contribution in [2.24, 2.45) is 0 Å². The van der Waals surface area contributed by atoms with Crippen molar-refractivity contribution in [2.45, 2.75) is 31.6 Å². The molecule has 9 aromatic carbocycles. The second-order valence-electron chi connectivity index (χ2n) is 17.4. The summed E-state index contributed by atoms with van der Waals surface area (Å²) in [5.74, 6) is 0. The molecule has 10 aromatic rings. The number of nitrogens with zero attached hydrogens (tertiary/aromatic N) is 2. The second kappa shape index (κ2) is 14.4. The number of hydrogen-bond acceptors (Lipinski definition) is 1. The maximum absolute atomic E-state index is 2.46. The average molecular weight is 783 g/mol. The SMILES string of the molecule is CC(C)(C)c1ccc(N(c2ccccc2)c2ccc(-c3ccc4c(c3)c3ccccc3n4-c3ccc4c(c3)C(c3ccccc3)(c3ccccc3)c3ccccc3-4)cc2)cc1. The number of fused-ring (bicyclic) bond motifs is 6. The Bertz CT molecular complexity index is 3150. The van der Waals surface area contributed by atoms with Crippen molar-refractivity contribution < 1.29 is 0 Å². The predicted octanol–water partition coefficient (Wildman–Crippen LogP) is 15.6. The highest BCUT2D eigenvalue weighted by Crippen LogP contribution is 2.56. The molecule has 61 heavy (non-hydrogen) atoms. The third kappa shape index (κ3) is 5.93. The minimum Gasteiger partial charge on any atom is -0.311 e. The Kier molecular flexibility index (Phi) is 8.65. The number of anilines is 3. The Morgan fingerprint density at radius 2 is 0.918 bits per heavy atom. The van der Waals surface area contributed by atoms with E-state index in [1.807, 2.05) is 0 Å². The van der Waals surface area contributed by atoms with Crippen LogP contribution in [0, 0.1) is 0 Å². The molecule has 0 saturated heterocycles. The minimum absolute atomic E-state index is 0.0928. The molecule has 0 bridgehead atoms. The number of para-hydroxylation sites is 2. The van der Waals surface area contributed by atoms with E-state index in [0.29, 0.717) is 0 Å². The molecular formula is C59H46N2. The highest BCUT2D eigenvalue weighted by atomic mass is 15.1. The second-order valence-corrected chi connectivity index (χ2v) is 17.4. The molecule has 1 aliphatic rings. The molecule has 0 unspecified atom stereocenters. The average Bonchev–Trinajstić information content (AvgIpc) is 3.80. The fraction of sp³-hybridized carbons (Fsp3) is 0.0847. The molecule has 0 radical (unpaired) electrons. The lowest BCUT2D eigenvalue weighted by atomic mass is 9.67. The van der Waals surface area contributed by atoms with Crippen LogP contribution >= 0.6 is 0 Å². The number of rotatable bonds is 7. The highest BCUT2D eigenvalue weighted by Gasteiger charge is 2.46. The Hall–Kier alpha value is -7.42. The lowest BCUT2D eigenvalue weighted by Crippen LogP contribution is -2.28. The minimum atomic E-state index is -0.464. The van der Waals surface area contributed by atoms with Crippen LogP contribution in [-0.2, 0) is 10.8 Å². The van der Waals surface area contributed by atoms with Crippen molar-refractivity contribution in [3.05, 3.63) is 252 Å². The molecule has 1 aromatic heterocycles. The molecule has 1 aliphatic carbocycles. The van der Waals surface area contributed by atoms with Gasteiger partial charge in [0.15, 0.2) is 0 Å². The van der Waals surface area contributed by atoms with Crippen LogP contribution in [0.1, 0.15) is 48.6 Å². The lowest BCUT2D eigenvalue weighted by molar-refractivity contribution is 0.590.